The maximum atomic E-state index is 12.7. The zero-order valence-corrected chi connectivity index (χ0v) is 15.8. The average Bonchev–Trinajstić information content (AvgIpc) is 2.62. The molecule has 0 bridgehead atoms. The number of carboxylic acid groups (broad SMARTS) is 2. The van der Waals surface area contributed by atoms with E-state index >= 15 is 0 Å². The Hall–Kier alpha value is -2.94. The summed E-state index contributed by atoms with van der Waals surface area (Å²) in [5.74, 6) is -2.95. The molecule has 0 aromatic heterocycles. The molecule has 2 N–H and O–H groups in total. The van der Waals surface area contributed by atoms with Crippen molar-refractivity contribution in [2.45, 2.75) is 32.0 Å². The van der Waals surface area contributed by atoms with Crippen LogP contribution in [0.4, 0.5) is 13.2 Å². The molecule has 6 nitrogen and oxygen atoms in total. The van der Waals surface area contributed by atoms with Crippen molar-refractivity contribution in [2.24, 2.45) is 0 Å². The quantitative estimate of drug-likeness (QED) is 0.573. The molecule has 0 aliphatic heterocycles. The number of carbonyl (C=O) groups is 2. The van der Waals surface area contributed by atoms with Gasteiger partial charge in [0.1, 0.15) is 22.8 Å². The second-order valence-electron chi connectivity index (χ2n) is 5.94. The van der Waals surface area contributed by atoms with Crippen LogP contribution in [0.15, 0.2) is 36.4 Å². The normalized spacial score (nSPS) is 12.3. The first-order valence-corrected chi connectivity index (χ1v) is 8.72. The van der Waals surface area contributed by atoms with E-state index in [1.54, 1.807) is 6.92 Å². The van der Waals surface area contributed by atoms with E-state index in [0.29, 0.717) is 12.5 Å². The van der Waals surface area contributed by atoms with Crippen LogP contribution in [0.2, 0.25) is 5.02 Å². The minimum atomic E-state index is -4.57. The number of ether oxygens (including phenoxy) is 2. The number of aromatic carboxylic acids is 1. The standard InChI is InChI=1S/C19H16ClF3O6/c1-2-3-16(18(26)27)29-14-7-5-11(9-12(14)17(24)25)28-15-6-4-10(8-13(15)20)19(21,22)23/h4-9,16H,2-3H2,1H3,(H,24,25)(H,26,27). The van der Waals surface area contributed by atoms with Crippen LogP contribution in [-0.2, 0) is 11.0 Å². The van der Waals surface area contributed by atoms with Gasteiger partial charge in [-0.2, -0.15) is 13.2 Å². The number of hydrogen-bond acceptors (Lipinski definition) is 4. The Morgan fingerprint density at radius 1 is 1.10 bits per heavy atom. The zero-order chi connectivity index (χ0) is 21.8. The molecular weight excluding hydrogens is 417 g/mol. The second-order valence-corrected chi connectivity index (χ2v) is 6.35. The van der Waals surface area contributed by atoms with Gasteiger partial charge in [-0.1, -0.05) is 24.9 Å². The summed E-state index contributed by atoms with van der Waals surface area (Å²) in [5, 5.41) is 18.2. The highest BCUT2D eigenvalue weighted by molar-refractivity contribution is 6.32. The summed E-state index contributed by atoms with van der Waals surface area (Å²) in [6.45, 7) is 1.75. The zero-order valence-electron chi connectivity index (χ0n) is 15.0. The number of benzene rings is 2. The predicted molar refractivity (Wildman–Crippen MR) is 96.9 cm³/mol. The molecule has 0 heterocycles. The van der Waals surface area contributed by atoms with Gasteiger partial charge in [-0.25, -0.2) is 9.59 Å². The van der Waals surface area contributed by atoms with Gasteiger partial charge in [-0.3, -0.25) is 0 Å². The van der Waals surface area contributed by atoms with E-state index in [9.17, 15) is 27.9 Å². The third-order valence-electron chi connectivity index (χ3n) is 3.76. The molecule has 156 valence electrons. The third kappa shape index (κ3) is 5.77. The molecule has 0 aliphatic carbocycles. The predicted octanol–water partition coefficient (Wildman–Crippen LogP) is 5.48. The van der Waals surface area contributed by atoms with E-state index in [2.05, 4.69) is 0 Å². The number of hydrogen-bond donors (Lipinski definition) is 2. The van der Waals surface area contributed by atoms with E-state index in [4.69, 9.17) is 26.2 Å². The van der Waals surface area contributed by atoms with Gasteiger partial charge < -0.3 is 19.7 Å². The van der Waals surface area contributed by atoms with Crippen LogP contribution in [0.3, 0.4) is 0 Å². The minimum Gasteiger partial charge on any atom is -0.479 e. The molecule has 0 radical (unpaired) electrons. The van der Waals surface area contributed by atoms with Crippen molar-refractivity contribution < 1.29 is 42.4 Å². The third-order valence-corrected chi connectivity index (χ3v) is 4.06. The lowest BCUT2D eigenvalue weighted by atomic mass is 10.1. The molecule has 0 amide bonds. The molecule has 0 spiro atoms. The Morgan fingerprint density at radius 2 is 1.76 bits per heavy atom. The topological polar surface area (TPSA) is 93.1 Å². The van der Waals surface area contributed by atoms with Crippen LogP contribution in [0, 0.1) is 0 Å². The highest BCUT2D eigenvalue weighted by Crippen LogP contribution is 2.37. The van der Waals surface area contributed by atoms with Gasteiger partial charge in [-0.15, -0.1) is 0 Å². The molecule has 29 heavy (non-hydrogen) atoms. The first-order valence-electron chi connectivity index (χ1n) is 8.34. The largest absolute Gasteiger partial charge is 0.479 e. The van der Waals surface area contributed by atoms with E-state index in [0.717, 1.165) is 18.2 Å². The molecule has 1 atom stereocenters. The SMILES string of the molecule is CCCC(Oc1ccc(Oc2ccc(C(F)(F)F)cc2Cl)cc1C(=O)O)C(=O)O. The summed E-state index contributed by atoms with van der Waals surface area (Å²) in [7, 11) is 0. The lowest BCUT2D eigenvalue weighted by Gasteiger charge is -2.17. The van der Waals surface area contributed by atoms with Crippen molar-refractivity contribution in [2.75, 3.05) is 0 Å². The van der Waals surface area contributed by atoms with Gasteiger partial charge in [-0.05, 0) is 42.8 Å². The van der Waals surface area contributed by atoms with E-state index < -0.39 is 29.8 Å². The van der Waals surface area contributed by atoms with Crippen molar-refractivity contribution in [1.82, 2.24) is 0 Å². The Labute approximate surface area is 168 Å². The smallest absolute Gasteiger partial charge is 0.416 e. The van der Waals surface area contributed by atoms with Crippen LogP contribution in [-0.4, -0.2) is 28.3 Å². The maximum absolute atomic E-state index is 12.7. The van der Waals surface area contributed by atoms with Gasteiger partial charge in [0.15, 0.2) is 6.10 Å². The van der Waals surface area contributed by atoms with Gasteiger partial charge in [0.2, 0.25) is 0 Å². The number of halogens is 4. The number of carboxylic acids is 2. The number of rotatable bonds is 8. The maximum Gasteiger partial charge on any atom is 0.416 e. The van der Waals surface area contributed by atoms with Gasteiger partial charge in [0.05, 0.1) is 10.6 Å². The fraction of sp³-hybridized carbons (Fsp3) is 0.263. The van der Waals surface area contributed by atoms with E-state index in [1.165, 1.54) is 12.1 Å². The molecule has 0 aliphatic rings. The Bertz CT molecular complexity index is 913. The summed E-state index contributed by atoms with van der Waals surface area (Å²) < 4.78 is 48.8. The molecule has 2 rings (SSSR count). The van der Waals surface area contributed by atoms with Crippen molar-refractivity contribution in [3.8, 4) is 17.2 Å². The van der Waals surface area contributed by atoms with Crippen LogP contribution < -0.4 is 9.47 Å². The van der Waals surface area contributed by atoms with Crippen LogP contribution in [0.25, 0.3) is 0 Å². The van der Waals surface area contributed by atoms with Gasteiger partial charge in [0.25, 0.3) is 0 Å². The molecule has 0 saturated carbocycles. The molecule has 0 saturated heterocycles. The first kappa shape index (κ1) is 22.4. The van der Waals surface area contributed by atoms with E-state index in [-0.39, 0.29) is 34.3 Å². The van der Waals surface area contributed by atoms with Crippen molar-refractivity contribution in [1.29, 1.82) is 0 Å². The summed E-state index contributed by atoms with van der Waals surface area (Å²) in [6, 6.07) is 6.05. The average molecular weight is 433 g/mol. The first-order chi connectivity index (χ1) is 13.5. The highest BCUT2D eigenvalue weighted by Gasteiger charge is 2.31. The molecule has 2 aromatic carbocycles. The minimum absolute atomic E-state index is 0.0289. The molecule has 1 unspecified atom stereocenters. The number of aliphatic carboxylic acids is 1. The fourth-order valence-electron chi connectivity index (χ4n) is 2.38. The van der Waals surface area contributed by atoms with Crippen LogP contribution >= 0.6 is 11.6 Å². The van der Waals surface area contributed by atoms with Crippen molar-refractivity contribution >= 4 is 23.5 Å². The number of alkyl halides is 3. The Kier molecular flexibility index (Phi) is 6.97. The second kappa shape index (κ2) is 9.04. The summed E-state index contributed by atoms with van der Waals surface area (Å²) >= 11 is 5.83. The van der Waals surface area contributed by atoms with Gasteiger partial charge >= 0.3 is 18.1 Å². The molecular formula is C19H16ClF3O6. The van der Waals surface area contributed by atoms with Crippen LogP contribution in [0.1, 0.15) is 35.7 Å². The molecule has 0 fully saturated rings. The fourth-order valence-corrected chi connectivity index (χ4v) is 2.60. The molecule has 2 aromatic rings. The lowest BCUT2D eigenvalue weighted by Crippen LogP contribution is -2.27. The monoisotopic (exact) mass is 432 g/mol. The summed E-state index contributed by atoms with van der Waals surface area (Å²) in [4.78, 5) is 22.8. The van der Waals surface area contributed by atoms with E-state index in [1.807, 2.05) is 0 Å². The van der Waals surface area contributed by atoms with Crippen molar-refractivity contribution in [3.05, 3.63) is 52.5 Å². The Balaban J connectivity index is 2.31. The summed E-state index contributed by atoms with van der Waals surface area (Å²) in [5.41, 5.74) is -1.33. The Morgan fingerprint density at radius 3 is 2.28 bits per heavy atom. The highest BCUT2D eigenvalue weighted by atomic mass is 35.5. The van der Waals surface area contributed by atoms with Gasteiger partial charge in [0, 0.05) is 0 Å². The van der Waals surface area contributed by atoms with Crippen molar-refractivity contribution in [3.63, 3.8) is 0 Å². The molecule has 10 heteroatoms. The lowest BCUT2D eigenvalue weighted by molar-refractivity contribution is -0.145. The van der Waals surface area contributed by atoms with Crippen LogP contribution in [0.5, 0.6) is 17.2 Å². The summed E-state index contributed by atoms with van der Waals surface area (Å²) in [6.07, 6.45) is -5.12.